The second-order valence-corrected chi connectivity index (χ2v) is 5.94. The molecule has 1 amide bonds. The monoisotopic (exact) mass is 309 g/mol. The molecule has 1 aliphatic rings. The number of benzene rings is 1. The Kier molecular flexibility index (Phi) is 5.88. The summed E-state index contributed by atoms with van der Waals surface area (Å²) in [6, 6.07) is 5.78. The van der Waals surface area contributed by atoms with Gasteiger partial charge in [0, 0.05) is 31.7 Å². The molecule has 1 saturated heterocycles. The Morgan fingerprint density at radius 2 is 2.10 bits per heavy atom. The lowest BCUT2D eigenvalue weighted by Gasteiger charge is -2.32. The Bertz CT molecular complexity index is 484. The van der Waals surface area contributed by atoms with E-state index in [0.29, 0.717) is 16.6 Å². The first-order chi connectivity index (χ1) is 10.1. The van der Waals surface area contributed by atoms with E-state index in [0.717, 1.165) is 31.6 Å². The summed E-state index contributed by atoms with van der Waals surface area (Å²) in [5.74, 6) is -0.0903. The van der Waals surface area contributed by atoms with E-state index in [2.05, 4.69) is 22.5 Å². The highest BCUT2D eigenvalue weighted by Gasteiger charge is 2.19. The molecule has 21 heavy (non-hydrogen) atoms. The zero-order valence-corrected chi connectivity index (χ0v) is 13.5. The average molecular weight is 310 g/mol. The normalized spacial score (nSPS) is 16.7. The molecule has 0 bridgehead atoms. The fourth-order valence-corrected chi connectivity index (χ4v) is 2.93. The van der Waals surface area contributed by atoms with Gasteiger partial charge in [-0.2, -0.15) is 0 Å². The second kappa shape index (κ2) is 7.66. The molecular weight excluding hydrogens is 286 g/mol. The zero-order valence-electron chi connectivity index (χ0n) is 12.8. The number of amides is 1. The van der Waals surface area contributed by atoms with Gasteiger partial charge < -0.3 is 15.5 Å². The van der Waals surface area contributed by atoms with Crippen molar-refractivity contribution in [2.45, 2.75) is 32.2 Å². The molecule has 116 valence electrons. The maximum absolute atomic E-state index is 11.7. The SMILES string of the molecule is CCCN1CCC(Nc2cc(C(=O)NC)ccc2Cl)CC1. The maximum Gasteiger partial charge on any atom is 0.251 e. The van der Waals surface area contributed by atoms with Gasteiger partial charge in [0.1, 0.15) is 0 Å². The van der Waals surface area contributed by atoms with E-state index >= 15 is 0 Å². The standard InChI is InChI=1S/C16H24ClN3O/c1-3-8-20-9-6-13(7-10-20)19-15-11-12(16(21)18-2)4-5-14(15)17/h4-5,11,13,19H,3,6-10H2,1-2H3,(H,18,21). The number of carbonyl (C=O) groups excluding carboxylic acids is 1. The van der Waals surface area contributed by atoms with Crippen molar-refractivity contribution in [3.63, 3.8) is 0 Å². The number of carbonyl (C=O) groups is 1. The van der Waals surface area contributed by atoms with Crippen LogP contribution >= 0.6 is 11.6 Å². The molecule has 0 unspecified atom stereocenters. The van der Waals surface area contributed by atoms with Crippen molar-refractivity contribution in [2.75, 3.05) is 32.0 Å². The van der Waals surface area contributed by atoms with Gasteiger partial charge in [0.25, 0.3) is 5.91 Å². The zero-order chi connectivity index (χ0) is 15.2. The van der Waals surface area contributed by atoms with Crippen molar-refractivity contribution in [1.29, 1.82) is 0 Å². The van der Waals surface area contributed by atoms with E-state index in [1.807, 2.05) is 6.07 Å². The molecule has 2 rings (SSSR count). The number of rotatable bonds is 5. The third-order valence-electron chi connectivity index (χ3n) is 3.94. The summed E-state index contributed by atoms with van der Waals surface area (Å²) in [4.78, 5) is 14.2. The third kappa shape index (κ3) is 4.35. The number of halogens is 1. The van der Waals surface area contributed by atoms with Crippen LogP contribution in [0.15, 0.2) is 18.2 Å². The molecule has 1 heterocycles. The van der Waals surface area contributed by atoms with Crippen LogP contribution in [0.4, 0.5) is 5.69 Å². The van der Waals surface area contributed by atoms with Crippen molar-refractivity contribution < 1.29 is 4.79 Å². The van der Waals surface area contributed by atoms with E-state index < -0.39 is 0 Å². The first-order valence-electron chi connectivity index (χ1n) is 7.64. The molecule has 0 saturated carbocycles. The van der Waals surface area contributed by atoms with E-state index in [9.17, 15) is 4.79 Å². The molecule has 0 aliphatic carbocycles. The lowest BCUT2D eigenvalue weighted by atomic mass is 10.0. The Morgan fingerprint density at radius 3 is 2.71 bits per heavy atom. The lowest BCUT2D eigenvalue weighted by Crippen LogP contribution is -2.39. The highest BCUT2D eigenvalue weighted by Crippen LogP contribution is 2.26. The van der Waals surface area contributed by atoms with Gasteiger partial charge >= 0.3 is 0 Å². The molecular formula is C16H24ClN3O. The van der Waals surface area contributed by atoms with E-state index in [1.165, 1.54) is 13.0 Å². The molecule has 1 aromatic rings. The molecule has 2 N–H and O–H groups in total. The van der Waals surface area contributed by atoms with Crippen LogP contribution in [0.3, 0.4) is 0 Å². The fraction of sp³-hybridized carbons (Fsp3) is 0.562. The second-order valence-electron chi connectivity index (χ2n) is 5.53. The van der Waals surface area contributed by atoms with E-state index in [4.69, 9.17) is 11.6 Å². The van der Waals surface area contributed by atoms with E-state index in [-0.39, 0.29) is 5.91 Å². The van der Waals surface area contributed by atoms with Gasteiger partial charge in [-0.15, -0.1) is 0 Å². The van der Waals surface area contributed by atoms with Crippen molar-refractivity contribution in [3.05, 3.63) is 28.8 Å². The maximum atomic E-state index is 11.7. The van der Waals surface area contributed by atoms with Crippen LogP contribution in [0.5, 0.6) is 0 Å². The molecule has 0 spiro atoms. The minimum atomic E-state index is -0.0903. The number of likely N-dealkylation sites (tertiary alicyclic amines) is 1. The highest BCUT2D eigenvalue weighted by molar-refractivity contribution is 6.33. The van der Waals surface area contributed by atoms with Crippen LogP contribution in [0, 0.1) is 0 Å². The minimum Gasteiger partial charge on any atom is -0.381 e. The van der Waals surface area contributed by atoms with Gasteiger partial charge in [-0.3, -0.25) is 4.79 Å². The molecule has 0 atom stereocenters. The van der Waals surface area contributed by atoms with E-state index in [1.54, 1.807) is 19.2 Å². The Labute approximate surface area is 131 Å². The summed E-state index contributed by atoms with van der Waals surface area (Å²) in [5, 5.41) is 6.79. The lowest BCUT2D eigenvalue weighted by molar-refractivity contribution is 0.0963. The Morgan fingerprint density at radius 1 is 1.38 bits per heavy atom. The summed E-state index contributed by atoms with van der Waals surface area (Å²) in [7, 11) is 1.63. The highest BCUT2D eigenvalue weighted by atomic mass is 35.5. The fourth-order valence-electron chi connectivity index (χ4n) is 2.76. The number of nitrogens with zero attached hydrogens (tertiary/aromatic N) is 1. The number of anilines is 1. The number of piperidine rings is 1. The quantitative estimate of drug-likeness (QED) is 0.879. The summed E-state index contributed by atoms with van der Waals surface area (Å²) in [5.41, 5.74) is 1.49. The molecule has 5 heteroatoms. The molecule has 1 aromatic carbocycles. The van der Waals surface area contributed by atoms with Gasteiger partial charge in [-0.05, 0) is 44.0 Å². The third-order valence-corrected chi connectivity index (χ3v) is 4.27. The minimum absolute atomic E-state index is 0.0903. The summed E-state index contributed by atoms with van der Waals surface area (Å²) in [6.45, 7) is 5.64. The van der Waals surface area contributed by atoms with Crippen LogP contribution in [0.1, 0.15) is 36.5 Å². The van der Waals surface area contributed by atoms with Gasteiger partial charge in [0.15, 0.2) is 0 Å². The molecule has 0 radical (unpaired) electrons. The van der Waals surface area contributed by atoms with Crippen LogP contribution in [0.2, 0.25) is 5.02 Å². The van der Waals surface area contributed by atoms with Crippen molar-refractivity contribution >= 4 is 23.2 Å². The topological polar surface area (TPSA) is 44.4 Å². The van der Waals surface area contributed by atoms with Crippen molar-refractivity contribution in [2.24, 2.45) is 0 Å². The number of nitrogens with one attached hydrogen (secondary N) is 2. The van der Waals surface area contributed by atoms with Crippen molar-refractivity contribution in [1.82, 2.24) is 10.2 Å². The van der Waals surface area contributed by atoms with Gasteiger partial charge in [0.2, 0.25) is 0 Å². The molecule has 1 fully saturated rings. The largest absolute Gasteiger partial charge is 0.381 e. The molecule has 0 aromatic heterocycles. The molecule has 1 aliphatic heterocycles. The first kappa shape index (κ1) is 16.1. The summed E-state index contributed by atoms with van der Waals surface area (Å²) in [6.07, 6.45) is 3.43. The first-order valence-corrected chi connectivity index (χ1v) is 8.02. The summed E-state index contributed by atoms with van der Waals surface area (Å²) < 4.78 is 0. The Hall–Kier alpha value is -1.26. The number of hydrogen-bond acceptors (Lipinski definition) is 3. The predicted octanol–water partition coefficient (Wildman–Crippen LogP) is 2.99. The van der Waals surface area contributed by atoms with Gasteiger partial charge in [0.05, 0.1) is 10.7 Å². The van der Waals surface area contributed by atoms with Crippen LogP contribution < -0.4 is 10.6 Å². The van der Waals surface area contributed by atoms with Crippen LogP contribution in [-0.4, -0.2) is 43.5 Å². The van der Waals surface area contributed by atoms with Gasteiger partial charge in [-0.25, -0.2) is 0 Å². The van der Waals surface area contributed by atoms with Crippen molar-refractivity contribution in [3.8, 4) is 0 Å². The predicted molar refractivity (Wildman–Crippen MR) is 88.2 cm³/mol. The molecule has 4 nitrogen and oxygen atoms in total. The van der Waals surface area contributed by atoms with Crippen LogP contribution in [-0.2, 0) is 0 Å². The Balaban J connectivity index is 1.98. The number of hydrogen-bond donors (Lipinski definition) is 2. The van der Waals surface area contributed by atoms with Crippen LogP contribution in [0.25, 0.3) is 0 Å². The summed E-state index contributed by atoms with van der Waals surface area (Å²) >= 11 is 6.24. The van der Waals surface area contributed by atoms with Gasteiger partial charge in [-0.1, -0.05) is 18.5 Å². The average Bonchev–Trinajstić information content (AvgIpc) is 2.51. The smallest absolute Gasteiger partial charge is 0.251 e.